The number of aromatic nitrogens is 3. The number of hydrogen-bond donors (Lipinski definition) is 2. The normalized spacial score (nSPS) is 16.3. The molecular formula is C26H32N6O2. The number of aryl methyl sites for hydroxylation is 2. The molecule has 2 N–H and O–H groups in total. The fourth-order valence-electron chi connectivity index (χ4n) is 4.42. The molecule has 1 atom stereocenters. The molecule has 1 aliphatic rings. The minimum absolute atomic E-state index is 0.00757. The minimum Gasteiger partial charge on any atom is -0.323 e. The fourth-order valence-corrected chi connectivity index (χ4v) is 4.42. The van der Waals surface area contributed by atoms with Crippen molar-refractivity contribution < 1.29 is 9.59 Å². The predicted molar refractivity (Wildman–Crippen MR) is 133 cm³/mol. The number of benzene rings is 1. The Labute approximate surface area is 200 Å². The summed E-state index contributed by atoms with van der Waals surface area (Å²) in [4.78, 5) is 32.0. The van der Waals surface area contributed by atoms with Crippen LogP contribution in [0.5, 0.6) is 0 Å². The van der Waals surface area contributed by atoms with Gasteiger partial charge in [-0.2, -0.15) is 5.10 Å². The highest BCUT2D eigenvalue weighted by atomic mass is 16.2. The Morgan fingerprint density at radius 1 is 1.03 bits per heavy atom. The van der Waals surface area contributed by atoms with Crippen LogP contribution in [0.25, 0.3) is 5.69 Å². The SMILES string of the molecule is Cc1cccc(NC(=O)C2CCCN(CCC(=O)Nc3c(C)nn(-c4ccccc4)c3C)C2)n1. The summed E-state index contributed by atoms with van der Waals surface area (Å²) < 4.78 is 1.85. The van der Waals surface area contributed by atoms with Crippen LogP contribution in [0.2, 0.25) is 0 Å². The van der Waals surface area contributed by atoms with Gasteiger partial charge in [-0.05, 0) is 64.4 Å². The number of carbonyl (C=O) groups is 2. The lowest BCUT2D eigenvalue weighted by Crippen LogP contribution is -2.41. The number of pyridine rings is 1. The molecule has 1 aliphatic heterocycles. The molecule has 3 heterocycles. The highest BCUT2D eigenvalue weighted by molar-refractivity contribution is 5.92. The minimum atomic E-state index is -0.104. The molecule has 4 rings (SSSR count). The van der Waals surface area contributed by atoms with Crippen LogP contribution >= 0.6 is 0 Å². The van der Waals surface area contributed by atoms with Crippen molar-refractivity contribution in [2.45, 2.75) is 40.0 Å². The Morgan fingerprint density at radius 2 is 1.82 bits per heavy atom. The van der Waals surface area contributed by atoms with Crippen molar-refractivity contribution in [3.63, 3.8) is 0 Å². The van der Waals surface area contributed by atoms with Crippen molar-refractivity contribution in [2.24, 2.45) is 5.92 Å². The zero-order chi connectivity index (χ0) is 24.1. The monoisotopic (exact) mass is 460 g/mol. The number of para-hydroxylation sites is 1. The van der Waals surface area contributed by atoms with E-state index < -0.39 is 0 Å². The van der Waals surface area contributed by atoms with E-state index in [1.54, 1.807) is 6.07 Å². The zero-order valence-corrected chi connectivity index (χ0v) is 20.0. The number of anilines is 2. The first-order valence-electron chi connectivity index (χ1n) is 11.8. The van der Waals surface area contributed by atoms with Gasteiger partial charge in [-0.25, -0.2) is 9.67 Å². The van der Waals surface area contributed by atoms with Crippen LogP contribution in [-0.2, 0) is 9.59 Å². The van der Waals surface area contributed by atoms with Gasteiger partial charge < -0.3 is 15.5 Å². The second kappa shape index (κ2) is 10.6. The Kier molecular flexibility index (Phi) is 7.37. The molecule has 178 valence electrons. The molecular weight excluding hydrogens is 428 g/mol. The zero-order valence-electron chi connectivity index (χ0n) is 20.0. The molecule has 0 radical (unpaired) electrons. The lowest BCUT2D eigenvalue weighted by molar-refractivity contribution is -0.121. The number of carbonyl (C=O) groups excluding carboxylic acids is 2. The number of piperidine rings is 1. The van der Waals surface area contributed by atoms with Crippen LogP contribution in [0, 0.1) is 26.7 Å². The third-order valence-corrected chi connectivity index (χ3v) is 6.23. The first-order valence-corrected chi connectivity index (χ1v) is 11.8. The molecule has 0 bridgehead atoms. The predicted octanol–water partition coefficient (Wildman–Crippen LogP) is 3.87. The largest absolute Gasteiger partial charge is 0.323 e. The van der Waals surface area contributed by atoms with Gasteiger partial charge in [0.25, 0.3) is 0 Å². The van der Waals surface area contributed by atoms with E-state index in [2.05, 4.69) is 25.6 Å². The van der Waals surface area contributed by atoms with Crippen molar-refractivity contribution in [3.05, 3.63) is 65.6 Å². The standard InChI is InChI=1S/C26H32N6O2/c1-18-9-7-13-23(27-18)28-26(34)21-10-8-15-31(17-21)16-14-24(33)29-25-19(2)30-32(20(25)3)22-11-5-4-6-12-22/h4-7,9,11-13,21H,8,10,14-17H2,1-3H3,(H,29,33)(H,27,28,34). The quantitative estimate of drug-likeness (QED) is 0.558. The van der Waals surface area contributed by atoms with Crippen LogP contribution in [-0.4, -0.2) is 51.1 Å². The van der Waals surface area contributed by atoms with E-state index in [0.29, 0.717) is 25.3 Å². The highest BCUT2D eigenvalue weighted by Crippen LogP contribution is 2.23. The number of likely N-dealkylation sites (tertiary alicyclic amines) is 1. The Hall–Kier alpha value is -3.52. The maximum Gasteiger partial charge on any atom is 0.229 e. The molecule has 3 aromatic rings. The van der Waals surface area contributed by atoms with Gasteiger partial charge in [-0.1, -0.05) is 24.3 Å². The average molecular weight is 461 g/mol. The second-order valence-electron chi connectivity index (χ2n) is 8.88. The third-order valence-electron chi connectivity index (χ3n) is 6.23. The molecule has 0 saturated carbocycles. The number of hydrogen-bond acceptors (Lipinski definition) is 5. The van der Waals surface area contributed by atoms with Gasteiger partial charge in [0.2, 0.25) is 11.8 Å². The summed E-state index contributed by atoms with van der Waals surface area (Å²) in [5, 5.41) is 10.6. The third kappa shape index (κ3) is 5.69. The van der Waals surface area contributed by atoms with E-state index in [-0.39, 0.29) is 17.7 Å². The number of nitrogens with one attached hydrogen (secondary N) is 2. The van der Waals surface area contributed by atoms with E-state index in [4.69, 9.17) is 0 Å². The summed E-state index contributed by atoms with van der Waals surface area (Å²) in [5.41, 5.74) is 4.28. The van der Waals surface area contributed by atoms with Crippen LogP contribution in [0.1, 0.15) is 36.3 Å². The van der Waals surface area contributed by atoms with Gasteiger partial charge in [0, 0.05) is 25.2 Å². The maximum atomic E-state index is 12.7. The van der Waals surface area contributed by atoms with Crippen LogP contribution < -0.4 is 10.6 Å². The van der Waals surface area contributed by atoms with Crippen molar-refractivity contribution in [3.8, 4) is 5.69 Å². The molecule has 1 unspecified atom stereocenters. The van der Waals surface area contributed by atoms with Crippen molar-refractivity contribution in [1.29, 1.82) is 0 Å². The van der Waals surface area contributed by atoms with E-state index in [1.807, 2.05) is 67.9 Å². The lowest BCUT2D eigenvalue weighted by Gasteiger charge is -2.31. The van der Waals surface area contributed by atoms with E-state index in [0.717, 1.165) is 47.8 Å². The summed E-state index contributed by atoms with van der Waals surface area (Å²) in [7, 11) is 0. The first-order chi connectivity index (χ1) is 16.4. The lowest BCUT2D eigenvalue weighted by atomic mass is 9.97. The molecule has 1 fully saturated rings. The molecule has 8 nitrogen and oxygen atoms in total. The summed E-state index contributed by atoms with van der Waals surface area (Å²) in [6, 6.07) is 15.5. The smallest absolute Gasteiger partial charge is 0.229 e. The van der Waals surface area contributed by atoms with Crippen molar-refractivity contribution >= 4 is 23.3 Å². The maximum absolute atomic E-state index is 12.7. The Morgan fingerprint density at radius 3 is 2.59 bits per heavy atom. The van der Waals surface area contributed by atoms with Gasteiger partial charge in [0.15, 0.2) is 0 Å². The van der Waals surface area contributed by atoms with Crippen LogP contribution in [0.4, 0.5) is 11.5 Å². The van der Waals surface area contributed by atoms with Gasteiger partial charge in [-0.3, -0.25) is 9.59 Å². The molecule has 8 heteroatoms. The summed E-state index contributed by atoms with van der Waals surface area (Å²) >= 11 is 0. The summed E-state index contributed by atoms with van der Waals surface area (Å²) in [5.74, 6) is 0.428. The molecule has 0 aliphatic carbocycles. The van der Waals surface area contributed by atoms with E-state index in [1.165, 1.54) is 0 Å². The molecule has 2 aromatic heterocycles. The number of rotatable bonds is 7. The highest BCUT2D eigenvalue weighted by Gasteiger charge is 2.26. The summed E-state index contributed by atoms with van der Waals surface area (Å²) in [6.07, 6.45) is 2.14. The van der Waals surface area contributed by atoms with E-state index in [9.17, 15) is 9.59 Å². The average Bonchev–Trinajstić information content (AvgIpc) is 3.12. The first kappa shape index (κ1) is 23.6. The summed E-state index contributed by atoms with van der Waals surface area (Å²) in [6.45, 7) is 7.92. The topological polar surface area (TPSA) is 92.2 Å². The van der Waals surface area contributed by atoms with Crippen molar-refractivity contribution in [1.82, 2.24) is 19.7 Å². The molecule has 0 spiro atoms. The van der Waals surface area contributed by atoms with E-state index >= 15 is 0 Å². The molecule has 34 heavy (non-hydrogen) atoms. The second-order valence-corrected chi connectivity index (χ2v) is 8.88. The van der Waals surface area contributed by atoms with Gasteiger partial charge in [-0.15, -0.1) is 0 Å². The van der Waals surface area contributed by atoms with Crippen molar-refractivity contribution in [2.75, 3.05) is 30.3 Å². The molecule has 1 aromatic carbocycles. The molecule has 1 saturated heterocycles. The van der Waals surface area contributed by atoms with Gasteiger partial charge in [0.1, 0.15) is 5.82 Å². The Bertz CT molecular complexity index is 1160. The number of amides is 2. The fraction of sp³-hybridized carbons (Fsp3) is 0.385. The molecule has 2 amide bonds. The van der Waals surface area contributed by atoms with Gasteiger partial charge in [0.05, 0.1) is 28.7 Å². The van der Waals surface area contributed by atoms with Crippen LogP contribution in [0.3, 0.4) is 0 Å². The Balaban J connectivity index is 1.30. The number of nitrogens with zero attached hydrogens (tertiary/aromatic N) is 4. The van der Waals surface area contributed by atoms with Crippen LogP contribution in [0.15, 0.2) is 48.5 Å². The van der Waals surface area contributed by atoms with Gasteiger partial charge >= 0.3 is 0 Å².